The predicted octanol–water partition coefficient (Wildman–Crippen LogP) is 5.58. The van der Waals surface area contributed by atoms with Gasteiger partial charge in [0.25, 0.3) is 0 Å². The molecule has 0 radical (unpaired) electrons. The number of esters is 1. The zero-order valence-electron chi connectivity index (χ0n) is 17.1. The molecule has 3 aromatic rings. The molecule has 0 saturated heterocycles. The zero-order chi connectivity index (χ0) is 21.8. The highest BCUT2D eigenvalue weighted by Gasteiger charge is 2.24. The fourth-order valence-electron chi connectivity index (χ4n) is 3.10. The Balaban J connectivity index is 1.53. The Bertz CT molecular complexity index is 1180. The van der Waals surface area contributed by atoms with Gasteiger partial charge in [0.2, 0.25) is 5.90 Å². The zero-order valence-corrected chi connectivity index (χ0v) is 17.8. The average Bonchev–Trinajstić information content (AvgIpc) is 3.14. The molecule has 4 rings (SSSR count). The number of benzene rings is 3. The van der Waals surface area contributed by atoms with Gasteiger partial charge in [-0.05, 0) is 60.5 Å². The fourth-order valence-corrected chi connectivity index (χ4v) is 3.23. The van der Waals surface area contributed by atoms with E-state index in [1.165, 1.54) is 0 Å². The van der Waals surface area contributed by atoms with Gasteiger partial charge in [0, 0.05) is 10.6 Å². The van der Waals surface area contributed by atoms with E-state index in [1.807, 2.05) is 61.5 Å². The second-order valence-electron chi connectivity index (χ2n) is 7.03. The topological polar surface area (TPSA) is 57.1 Å². The predicted molar refractivity (Wildman–Crippen MR) is 121 cm³/mol. The number of aliphatic imine (C=N–C) groups is 1. The van der Waals surface area contributed by atoms with Gasteiger partial charge in [-0.25, -0.2) is 9.79 Å². The van der Waals surface area contributed by atoms with Crippen molar-refractivity contribution in [2.24, 2.45) is 4.99 Å². The van der Waals surface area contributed by atoms with Crippen LogP contribution in [0.4, 0.5) is 0 Å². The Morgan fingerprint density at radius 2 is 1.84 bits per heavy atom. The first-order valence-corrected chi connectivity index (χ1v) is 10.0. The van der Waals surface area contributed by atoms with Gasteiger partial charge in [-0.3, -0.25) is 0 Å². The standard InChI is InChI=1S/C25H20ClNO4/c1-16-4-3-5-19(12-16)24-27-21(25(28)31-24)13-18-8-11-22(23(14-18)29-2)30-15-17-6-9-20(26)10-7-17/h3-14H,15H2,1-2H3/b21-13-. The van der Waals surface area contributed by atoms with Gasteiger partial charge >= 0.3 is 5.97 Å². The van der Waals surface area contributed by atoms with Crippen LogP contribution in [-0.4, -0.2) is 19.0 Å². The van der Waals surface area contributed by atoms with Crippen LogP contribution in [0, 0.1) is 6.92 Å². The third-order valence-electron chi connectivity index (χ3n) is 4.68. The number of ether oxygens (including phenoxy) is 3. The number of aryl methyl sites for hydroxylation is 1. The van der Waals surface area contributed by atoms with Crippen molar-refractivity contribution in [3.8, 4) is 11.5 Å². The molecule has 31 heavy (non-hydrogen) atoms. The van der Waals surface area contributed by atoms with Crippen molar-refractivity contribution in [1.82, 2.24) is 0 Å². The van der Waals surface area contributed by atoms with Crippen molar-refractivity contribution in [3.05, 3.63) is 99.7 Å². The molecular formula is C25H20ClNO4. The number of hydrogen-bond acceptors (Lipinski definition) is 5. The van der Waals surface area contributed by atoms with Crippen LogP contribution < -0.4 is 9.47 Å². The maximum absolute atomic E-state index is 12.3. The minimum atomic E-state index is -0.487. The lowest BCUT2D eigenvalue weighted by Crippen LogP contribution is -2.05. The van der Waals surface area contributed by atoms with E-state index in [1.54, 1.807) is 25.3 Å². The molecular weight excluding hydrogens is 414 g/mol. The molecule has 1 aliphatic rings. The lowest BCUT2D eigenvalue weighted by molar-refractivity contribution is -0.129. The van der Waals surface area contributed by atoms with Gasteiger partial charge in [0.1, 0.15) is 6.61 Å². The molecule has 0 aliphatic carbocycles. The highest BCUT2D eigenvalue weighted by Crippen LogP contribution is 2.30. The molecule has 0 fully saturated rings. The lowest BCUT2D eigenvalue weighted by atomic mass is 10.1. The number of carbonyl (C=O) groups excluding carboxylic acids is 1. The third kappa shape index (κ3) is 4.95. The van der Waals surface area contributed by atoms with Crippen LogP contribution in [0.2, 0.25) is 5.02 Å². The summed E-state index contributed by atoms with van der Waals surface area (Å²) in [6.07, 6.45) is 1.66. The summed E-state index contributed by atoms with van der Waals surface area (Å²) in [5, 5.41) is 0.678. The molecule has 0 spiro atoms. The molecule has 0 N–H and O–H groups in total. The van der Waals surface area contributed by atoms with Gasteiger partial charge in [-0.2, -0.15) is 0 Å². The van der Waals surface area contributed by atoms with Gasteiger partial charge < -0.3 is 14.2 Å². The van der Waals surface area contributed by atoms with E-state index in [0.717, 1.165) is 22.3 Å². The smallest absolute Gasteiger partial charge is 0.363 e. The van der Waals surface area contributed by atoms with Crippen molar-refractivity contribution in [2.75, 3.05) is 7.11 Å². The Labute approximate surface area is 185 Å². The Morgan fingerprint density at radius 1 is 1.03 bits per heavy atom. The van der Waals surface area contributed by atoms with Crippen LogP contribution in [0.5, 0.6) is 11.5 Å². The van der Waals surface area contributed by atoms with E-state index in [9.17, 15) is 4.79 Å². The van der Waals surface area contributed by atoms with E-state index in [0.29, 0.717) is 29.0 Å². The molecule has 0 amide bonds. The Kier molecular flexibility index (Phi) is 6.05. The lowest BCUT2D eigenvalue weighted by Gasteiger charge is -2.11. The monoisotopic (exact) mass is 433 g/mol. The first-order chi connectivity index (χ1) is 15.0. The van der Waals surface area contributed by atoms with E-state index >= 15 is 0 Å². The minimum absolute atomic E-state index is 0.230. The number of rotatable bonds is 6. The summed E-state index contributed by atoms with van der Waals surface area (Å²) < 4.78 is 16.7. The number of nitrogens with zero attached hydrogens (tertiary/aromatic N) is 1. The normalized spacial score (nSPS) is 14.4. The van der Waals surface area contributed by atoms with Crippen LogP contribution in [0.1, 0.15) is 22.3 Å². The summed E-state index contributed by atoms with van der Waals surface area (Å²) >= 11 is 5.92. The van der Waals surface area contributed by atoms with Gasteiger partial charge in [0.15, 0.2) is 17.2 Å². The third-order valence-corrected chi connectivity index (χ3v) is 4.94. The number of hydrogen-bond donors (Lipinski definition) is 0. The molecule has 0 aromatic heterocycles. The second-order valence-corrected chi connectivity index (χ2v) is 7.47. The summed E-state index contributed by atoms with van der Waals surface area (Å²) in [6.45, 7) is 2.35. The van der Waals surface area contributed by atoms with E-state index < -0.39 is 5.97 Å². The fraction of sp³-hybridized carbons (Fsp3) is 0.120. The maximum Gasteiger partial charge on any atom is 0.363 e. The van der Waals surface area contributed by atoms with E-state index in [2.05, 4.69) is 4.99 Å². The highest BCUT2D eigenvalue weighted by molar-refractivity contribution is 6.30. The minimum Gasteiger partial charge on any atom is -0.493 e. The molecule has 0 saturated carbocycles. The molecule has 6 heteroatoms. The number of methoxy groups -OCH3 is 1. The first kappa shape index (κ1) is 20.7. The van der Waals surface area contributed by atoms with Crippen LogP contribution in [0.15, 0.2) is 77.4 Å². The summed E-state index contributed by atoms with van der Waals surface area (Å²) in [5.74, 6) is 0.962. The van der Waals surface area contributed by atoms with E-state index in [-0.39, 0.29) is 5.70 Å². The molecule has 1 aliphatic heterocycles. The number of carbonyl (C=O) groups is 1. The summed E-state index contributed by atoms with van der Waals surface area (Å²) in [4.78, 5) is 16.6. The summed E-state index contributed by atoms with van der Waals surface area (Å²) in [5.41, 5.74) is 3.79. The average molecular weight is 434 g/mol. The summed E-state index contributed by atoms with van der Waals surface area (Å²) in [7, 11) is 1.57. The van der Waals surface area contributed by atoms with Crippen LogP contribution in [0.25, 0.3) is 6.08 Å². The molecule has 156 valence electrons. The largest absolute Gasteiger partial charge is 0.493 e. The van der Waals surface area contributed by atoms with Crippen molar-refractivity contribution in [3.63, 3.8) is 0 Å². The maximum atomic E-state index is 12.3. The molecule has 0 unspecified atom stereocenters. The van der Waals surface area contributed by atoms with Crippen molar-refractivity contribution >= 4 is 29.5 Å². The SMILES string of the molecule is COc1cc(/C=C2\N=C(c3cccc(C)c3)OC2=O)ccc1OCc1ccc(Cl)cc1. The molecule has 3 aromatic carbocycles. The molecule has 5 nitrogen and oxygen atoms in total. The molecule has 0 bridgehead atoms. The Hall–Kier alpha value is -3.57. The van der Waals surface area contributed by atoms with Gasteiger partial charge in [-0.1, -0.05) is 47.5 Å². The summed E-state index contributed by atoms with van der Waals surface area (Å²) in [6, 6.07) is 20.5. The number of cyclic esters (lactones) is 1. The Morgan fingerprint density at radius 3 is 2.58 bits per heavy atom. The second kappa shape index (κ2) is 9.06. The van der Waals surface area contributed by atoms with Crippen molar-refractivity contribution in [2.45, 2.75) is 13.5 Å². The van der Waals surface area contributed by atoms with Crippen LogP contribution in [-0.2, 0) is 16.1 Å². The highest BCUT2D eigenvalue weighted by atomic mass is 35.5. The molecule has 1 heterocycles. The number of halogens is 1. The first-order valence-electron chi connectivity index (χ1n) is 9.67. The van der Waals surface area contributed by atoms with Crippen LogP contribution in [0.3, 0.4) is 0 Å². The quantitative estimate of drug-likeness (QED) is 0.376. The van der Waals surface area contributed by atoms with E-state index in [4.69, 9.17) is 25.8 Å². The van der Waals surface area contributed by atoms with Crippen molar-refractivity contribution < 1.29 is 19.0 Å². The van der Waals surface area contributed by atoms with Crippen molar-refractivity contribution in [1.29, 1.82) is 0 Å². The van der Waals surface area contributed by atoms with Gasteiger partial charge in [-0.15, -0.1) is 0 Å². The van der Waals surface area contributed by atoms with Gasteiger partial charge in [0.05, 0.1) is 7.11 Å². The molecule has 0 atom stereocenters. The van der Waals surface area contributed by atoms with Crippen LogP contribution >= 0.6 is 11.6 Å².